The summed E-state index contributed by atoms with van der Waals surface area (Å²) in [7, 11) is 1.25. The second-order valence-electron chi connectivity index (χ2n) is 6.52. The number of rotatable bonds is 9. The second kappa shape index (κ2) is 9.35. The topological polar surface area (TPSA) is 140 Å². The number of hydrogen-bond acceptors (Lipinski definition) is 8. The van der Waals surface area contributed by atoms with Gasteiger partial charge in [0.15, 0.2) is 17.5 Å². The minimum atomic E-state index is -4.88. The number of allylic oxidation sites excluding steroid dienone is 1. The molecule has 2 N–H and O–H groups in total. The molecule has 0 fully saturated rings. The molecule has 3 aromatic heterocycles. The van der Waals surface area contributed by atoms with Crippen molar-refractivity contribution < 1.29 is 31.5 Å². The van der Waals surface area contributed by atoms with Crippen LogP contribution in [-0.2, 0) is 37.7 Å². The molecular weight excluding hydrogens is 457 g/mol. The number of pyridine rings is 1. The molecule has 0 spiro atoms. The van der Waals surface area contributed by atoms with Crippen molar-refractivity contribution >= 4 is 5.91 Å². The number of aromatic nitrogens is 8. The van der Waals surface area contributed by atoms with Crippen molar-refractivity contribution in [1.82, 2.24) is 40.0 Å². The molecule has 0 aliphatic rings. The van der Waals surface area contributed by atoms with Gasteiger partial charge in [0.2, 0.25) is 0 Å². The zero-order valence-electron chi connectivity index (χ0n) is 16.9. The first-order chi connectivity index (χ1) is 15.5. The highest BCUT2D eigenvalue weighted by Crippen LogP contribution is 2.33. The standard InChI is InChI=1S/C17H16F5N9O2/c1-3-4-31-15(26-28-29-31)8-5-10(17(20,21)22)24-9(12(8)14(23)32)6-33-7-11-25-16(13(18)19)30(2)27-11/h3,5,13H,1,4,6-7H2,2H3,(H2,23,32). The van der Waals surface area contributed by atoms with E-state index in [1.54, 1.807) is 0 Å². The van der Waals surface area contributed by atoms with Crippen LogP contribution in [-0.4, -0.2) is 45.9 Å². The summed E-state index contributed by atoms with van der Waals surface area (Å²) in [6.07, 6.45) is -6.37. The number of carbonyl (C=O) groups is 1. The number of nitrogens with two attached hydrogens (primary N) is 1. The van der Waals surface area contributed by atoms with Crippen LogP contribution in [0.25, 0.3) is 11.4 Å². The number of amides is 1. The van der Waals surface area contributed by atoms with E-state index in [0.29, 0.717) is 6.07 Å². The molecule has 33 heavy (non-hydrogen) atoms. The lowest BCUT2D eigenvalue weighted by molar-refractivity contribution is -0.141. The molecule has 0 saturated carbocycles. The smallest absolute Gasteiger partial charge is 0.367 e. The number of hydrogen-bond donors (Lipinski definition) is 1. The van der Waals surface area contributed by atoms with Crippen LogP contribution in [0.3, 0.4) is 0 Å². The maximum absolute atomic E-state index is 13.5. The van der Waals surface area contributed by atoms with Crippen LogP contribution in [0.1, 0.15) is 39.8 Å². The van der Waals surface area contributed by atoms with E-state index in [1.165, 1.54) is 13.1 Å². The zero-order valence-corrected chi connectivity index (χ0v) is 16.9. The van der Waals surface area contributed by atoms with Crippen LogP contribution >= 0.6 is 0 Å². The molecule has 3 aromatic rings. The average molecular weight is 473 g/mol. The summed E-state index contributed by atoms with van der Waals surface area (Å²) in [6, 6.07) is 0.601. The van der Waals surface area contributed by atoms with Gasteiger partial charge in [-0.3, -0.25) is 4.79 Å². The van der Waals surface area contributed by atoms with Gasteiger partial charge in [-0.2, -0.15) is 18.3 Å². The van der Waals surface area contributed by atoms with Gasteiger partial charge < -0.3 is 10.5 Å². The predicted molar refractivity (Wildman–Crippen MR) is 99.2 cm³/mol. The number of alkyl halides is 5. The summed E-state index contributed by atoms with van der Waals surface area (Å²) in [5.74, 6) is -2.03. The maximum atomic E-state index is 13.5. The summed E-state index contributed by atoms with van der Waals surface area (Å²) in [4.78, 5) is 19.2. The second-order valence-corrected chi connectivity index (χ2v) is 6.52. The molecule has 0 radical (unpaired) electrons. The molecule has 1 amide bonds. The van der Waals surface area contributed by atoms with Crippen LogP contribution in [0.15, 0.2) is 18.7 Å². The van der Waals surface area contributed by atoms with Crippen LogP contribution in [0, 0.1) is 0 Å². The number of carbonyl (C=O) groups excluding carboxylic acids is 1. The van der Waals surface area contributed by atoms with Gasteiger partial charge in [-0.1, -0.05) is 6.08 Å². The lowest BCUT2D eigenvalue weighted by Crippen LogP contribution is -2.21. The highest BCUT2D eigenvalue weighted by molar-refractivity contribution is 6.00. The zero-order chi connectivity index (χ0) is 24.3. The molecule has 176 valence electrons. The van der Waals surface area contributed by atoms with Gasteiger partial charge in [-0.15, -0.1) is 11.7 Å². The number of aryl methyl sites for hydroxylation is 1. The number of ether oxygens (including phenoxy) is 1. The summed E-state index contributed by atoms with van der Waals surface area (Å²) < 4.78 is 73.4. The lowest BCUT2D eigenvalue weighted by atomic mass is 10.0. The molecular formula is C17H16F5N9O2. The number of tetrazole rings is 1. The van der Waals surface area contributed by atoms with E-state index in [-0.39, 0.29) is 23.8 Å². The van der Waals surface area contributed by atoms with Crippen molar-refractivity contribution in [3.63, 3.8) is 0 Å². The summed E-state index contributed by atoms with van der Waals surface area (Å²) >= 11 is 0. The Labute approximate surface area is 182 Å². The van der Waals surface area contributed by atoms with E-state index < -0.39 is 54.5 Å². The average Bonchev–Trinajstić information content (AvgIpc) is 3.33. The number of nitrogens with zero attached hydrogens (tertiary/aromatic N) is 8. The van der Waals surface area contributed by atoms with E-state index in [9.17, 15) is 26.7 Å². The largest absolute Gasteiger partial charge is 0.433 e. The molecule has 0 aliphatic carbocycles. The molecule has 11 nitrogen and oxygen atoms in total. The van der Waals surface area contributed by atoms with Crippen LogP contribution in [0.5, 0.6) is 0 Å². The molecule has 0 aliphatic heterocycles. The molecule has 3 heterocycles. The predicted octanol–water partition coefficient (Wildman–Crippen LogP) is 1.82. The monoisotopic (exact) mass is 473 g/mol. The molecule has 0 bridgehead atoms. The third-order valence-corrected chi connectivity index (χ3v) is 4.21. The first-order valence-electron chi connectivity index (χ1n) is 9.07. The Hall–Kier alpha value is -3.82. The Morgan fingerprint density at radius 1 is 1.30 bits per heavy atom. The molecule has 16 heteroatoms. The Bertz CT molecular complexity index is 1170. The van der Waals surface area contributed by atoms with E-state index in [1.807, 2.05) is 0 Å². The Morgan fingerprint density at radius 3 is 2.61 bits per heavy atom. The number of primary amides is 1. The third-order valence-electron chi connectivity index (χ3n) is 4.21. The number of halogens is 5. The fourth-order valence-electron chi connectivity index (χ4n) is 2.88. The van der Waals surface area contributed by atoms with E-state index in [0.717, 1.165) is 9.36 Å². The van der Waals surface area contributed by atoms with Crippen LogP contribution in [0.2, 0.25) is 0 Å². The fourth-order valence-corrected chi connectivity index (χ4v) is 2.88. The summed E-state index contributed by atoms with van der Waals surface area (Å²) in [5, 5.41) is 14.5. The van der Waals surface area contributed by atoms with Gasteiger partial charge in [0.1, 0.15) is 12.3 Å². The Kier molecular flexibility index (Phi) is 6.75. The normalized spacial score (nSPS) is 11.8. The van der Waals surface area contributed by atoms with Gasteiger partial charge in [0.25, 0.3) is 12.3 Å². The van der Waals surface area contributed by atoms with E-state index >= 15 is 0 Å². The quantitative estimate of drug-likeness (QED) is 0.367. The molecule has 0 saturated heterocycles. The summed E-state index contributed by atoms with van der Waals surface area (Å²) in [6.45, 7) is 2.46. The van der Waals surface area contributed by atoms with E-state index in [4.69, 9.17) is 10.5 Å². The van der Waals surface area contributed by atoms with Gasteiger partial charge in [0, 0.05) is 12.6 Å². The minimum Gasteiger partial charge on any atom is -0.367 e. The van der Waals surface area contributed by atoms with Crippen molar-refractivity contribution in [2.45, 2.75) is 32.4 Å². The molecule has 0 aromatic carbocycles. The SMILES string of the molecule is C=CCn1nnnc1-c1cc(C(F)(F)F)nc(COCc2nc(C(F)F)n(C)n2)c1C(N)=O. The molecule has 0 atom stereocenters. The first kappa shape index (κ1) is 23.8. The Balaban J connectivity index is 2.00. The van der Waals surface area contributed by atoms with Gasteiger partial charge in [-0.25, -0.2) is 28.1 Å². The van der Waals surface area contributed by atoms with Crippen LogP contribution in [0.4, 0.5) is 22.0 Å². The molecule has 0 unspecified atom stereocenters. The van der Waals surface area contributed by atoms with Crippen molar-refractivity contribution in [1.29, 1.82) is 0 Å². The van der Waals surface area contributed by atoms with Crippen molar-refractivity contribution in [3.05, 3.63) is 47.3 Å². The van der Waals surface area contributed by atoms with Gasteiger partial charge >= 0.3 is 6.18 Å². The van der Waals surface area contributed by atoms with Crippen molar-refractivity contribution in [2.75, 3.05) is 0 Å². The fraction of sp³-hybridized carbons (Fsp3) is 0.353. The Morgan fingerprint density at radius 2 is 2.03 bits per heavy atom. The third kappa shape index (κ3) is 5.16. The van der Waals surface area contributed by atoms with Crippen molar-refractivity contribution in [3.8, 4) is 11.4 Å². The highest BCUT2D eigenvalue weighted by Gasteiger charge is 2.36. The maximum Gasteiger partial charge on any atom is 0.433 e. The van der Waals surface area contributed by atoms with Crippen molar-refractivity contribution in [2.24, 2.45) is 12.8 Å². The lowest BCUT2D eigenvalue weighted by Gasteiger charge is -2.15. The minimum absolute atomic E-state index is 0.0356. The van der Waals surface area contributed by atoms with Gasteiger partial charge in [-0.05, 0) is 16.5 Å². The molecule has 3 rings (SSSR count). The van der Waals surface area contributed by atoms with Crippen LogP contribution < -0.4 is 5.73 Å². The van der Waals surface area contributed by atoms with E-state index in [2.05, 4.69) is 37.2 Å². The summed E-state index contributed by atoms with van der Waals surface area (Å²) in [5.41, 5.74) is 2.91. The van der Waals surface area contributed by atoms with Gasteiger partial charge in [0.05, 0.1) is 24.4 Å². The highest BCUT2D eigenvalue weighted by atomic mass is 19.4. The first-order valence-corrected chi connectivity index (χ1v) is 9.07.